The van der Waals surface area contributed by atoms with E-state index >= 15 is 0 Å². The van der Waals surface area contributed by atoms with Crippen molar-refractivity contribution in [1.82, 2.24) is 0 Å². The van der Waals surface area contributed by atoms with E-state index in [2.05, 4.69) is 0 Å². The van der Waals surface area contributed by atoms with E-state index < -0.39 is 48.4 Å². The third kappa shape index (κ3) is 8.06. The van der Waals surface area contributed by atoms with Crippen LogP contribution in [0.4, 0.5) is 11.4 Å². The van der Waals surface area contributed by atoms with E-state index in [1.54, 1.807) is 0 Å². The Hall–Kier alpha value is -6.56. The fraction of sp³-hybridized carbons (Fsp3) is 0.135. The number of carboxylic acid groups (broad SMARTS) is 2. The van der Waals surface area contributed by atoms with Gasteiger partial charge in [0, 0.05) is 24.0 Å². The first-order chi connectivity index (χ1) is 23.3. The standard InChI is InChI=1S/C37H30N2O10/c1-22(40)24-14-18-26(19-15-24)38(34(44)28-8-3-5-10-30(28)36(46)47)32(42)12-7-13-33(43)39(27-20-16-25(17-21-27)23(2)41)35(45)29-9-4-6-11-31(29)37(48)49/h3-6,8-11,14-21H,7,12-13H2,1-2H3,(H,46,47)(H,48,49). The van der Waals surface area contributed by atoms with E-state index in [0.29, 0.717) is 11.1 Å². The minimum atomic E-state index is -1.39. The summed E-state index contributed by atoms with van der Waals surface area (Å²) in [6, 6.07) is 21.8. The molecule has 0 aromatic heterocycles. The predicted octanol–water partition coefficient (Wildman–Crippen LogP) is 5.71. The summed E-state index contributed by atoms with van der Waals surface area (Å²) >= 11 is 0. The molecule has 49 heavy (non-hydrogen) atoms. The molecule has 12 heteroatoms. The van der Waals surface area contributed by atoms with Gasteiger partial charge < -0.3 is 10.2 Å². The summed E-state index contributed by atoms with van der Waals surface area (Å²) in [6.45, 7) is 2.68. The highest BCUT2D eigenvalue weighted by Crippen LogP contribution is 2.25. The van der Waals surface area contributed by atoms with Crippen LogP contribution in [0, 0.1) is 0 Å². The molecule has 0 atom stereocenters. The second-order valence-corrected chi connectivity index (χ2v) is 10.8. The molecule has 0 aliphatic rings. The Morgan fingerprint density at radius 3 is 1.06 bits per heavy atom. The zero-order valence-corrected chi connectivity index (χ0v) is 26.4. The van der Waals surface area contributed by atoms with E-state index in [0.717, 1.165) is 9.80 Å². The normalized spacial score (nSPS) is 10.5. The number of hydrogen-bond acceptors (Lipinski definition) is 8. The van der Waals surface area contributed by atoms with Gasteiger partial charge in [-0.1, -0.05) is 24.3 Å². The van der Waals surface area contributed by atoms with Crippen molar-refractivity contribution in [3.8, 4) is 0 Å². The maximum atomic E-state index is 13.7. The van der Waals surface area contributed by atoms with Crippen molar-refractivity contribution >= 4 is 58.5 Å². The Kier molecular flexibility index (Phi) is 11.1. The Labute approximate surface area is 280 Å². The number of carbonyl (C=O) groups excluding carboxylic acids is 6. The van der Waals surface area contributed by atoms with Crippen LogP contribution in [0.2, 0.25) is 0 Å². The van der Waals surface area contributed by atoms with Crippen molar-refractivity contribution in [2.24, 2.45) is 0 Å². The van der Waals surface area contributed by atoms with Crippen LogP contribution in [0.25, 0.3) is 0 Å². The second-order valence-electron chi connectivity index (χ2n) is 10.8. The third-order valence-corrected chi connectivity index (χ3v) is 7.53. The molecule has 0 fully saturated rings. The van der Waals surface area contributed by atoms with Gasteiger partial charge in [-0.05, 0) is 93.1 Å². The van der Waals surface area contributed by atoms with Crippen molar-refractivity contribution in [3.63, 3.8) is 0 Å². The Bertz CT molecular complexity index is 1840. The molecule has 4 aromatic rings. The maximum absolute atomic E-state index is 13.7. The molecule has 0 aliphatic heterocycles. The number of nitrogens with zero attached hydrogens (tertiary/aromatic N) is 2. The minimum Gasteiger partial charge on any atom is -0.478 e. The summed E-state index contributed by atoms with van der Waals surface area (Å²) in [4.78, 5) is 104. The molecule has 0 unspecified atom stereocenters. The monoisotopic (exact) mass is 662 g/mol. The molecule has 0 saturated heterocycles. The molecular formula is C37H30N2O10. The molecule has 2 N–H and O–H groups in total. The molecule has 248 valence electrons. The van der Waals surface area contributed by atoms with Gasteiger partial charge in [0.25, 0.3) is 11.8 Å². The van der Waals surface area contributed by atoms with Gasteiger partial charge in [0.1, 0.15) is 0 Å². The van der Waals surface area contributed by atoms with Crippen molar-refractivity contribution in [2.45, 2.75) is 33.1 Å². The lowest BCUT2D eigenvalue weighted by Crippen LogP contribution is -2.39. The topological polar surface area (TPSA) is 184 Å². The number of Topliss-reactive ketones (excluding diaryl/α,β-unsaturated/α-hetero) is 2. The Balaban J connectivity index is 1.63. The summed E-state index contributed by atoms with van der Waals surface area (Å²) in [6.07, 6.45) is -0.986. The van der Waals surface area contributed by atoms with Crippen LogP contribution in [-0.4, -0.2) is 57.3 Å². The Morgan fingerprint density at radius 2 is 0.776 bits per heavy atom. The first-order valence-electron chi connectivity index (χ1n) is 14.9. The summed E-state index contributed by atoms with van der Waals surface area (Å²) in [5.74, 6) is -6.78. The highest BCUT2D eigenvalue weighted by atomic mass is 16.4. The molecule has 0 saturated carbocycles. The summed E-state index contributed by atoms with van der Waals surface area (Å²) < 4.78 is 0. The van der Waals surface area contributed by atoms with Crippen molar-refractivity contribution < 1.29 is 48.6 Å². The molecule has 0 spiro atoms. The van der Waals surface area contributed by atoms with E-state index in [1.165, 1.54) is 111 Å². The van der Waals surface area contributed by atoms with Crippen LogP contribution in [0.1, 0.15) is 95.3 Å². The fourth-order valence-corrected chi connectivity index (χ4v) is 5.01. The Morgan fingerprint density at radius 1 is 0.469 bits per heavy atom. The largest absolute Gasteiger partial charge is 0.478 e. The third-order valence-electron chi connectivity index (χ3n) is 7.53. The summed E-state index contributed by atoms with van der Waals surface area (Å²) in [5, 5.41) is 19.3. The molecular weight excluding hydrogens is 632 g/mol. The number of anilines is 2. The zero-order chi connectivity index (χ0) is 35.8. The van der Waals surface area contributed by atoms with Gasteiger partial charge in [-0.3, -0.25) is 28.8 Å². The lowest BCUT2D eigenvalue weighted by atomic mass is 10.0. The van der Waals surface area contributed by atoms with E-state index in [-0.39, 0.29) is 51.6 Å². The van der Waals surface area contributed by atoms with Gasteiger partial charge in [0.15, 0.2) is 11.6 Å². The van der Waals surface area contributed by atoms with Crippen LogP contribution in [0.15, 0.2) is 97.1 Å². The molecule has 4 aromatic carbocycles. The molecule has 12 nitrogen and oxygen atoms in total. The zero-order valence-electron chi connectivity index (χ0n) is 26.4. The summed E-state index contributed by atoms with van der Waals surface area (Å²) in [5.41, 5.74) is -0.481. The van der Waals surface area contributed by atoms with Crippen molar-refractivity contribution in [1.29, 1.82) is 0 Å². The van der Waals surface area contributed by atoms with E-state index in [1.807, 2.05) is 0 Å². The van der Waals surface area contributed by atoms with Crippen LogP contribution in [-0.2, 0) is 9.59 Å². The molecule has 0 heterocycles. The lowest BCUT2D eigenvalue weighted by Gasteiger charge is -2.23. The van der Waals surface area contributed by atoms with Gasteiger partial charge in [-0.15, -0.1) is 0 Å². The van der Waals surface area contributed by atoms with Crippen LogP contribution < -0.4 is 9.80 Å². The van der Waals surface area contributed by atoms with Gasteiger partial charge in [-0.25, -0.2) is 19.4 Å². The SMILES string of the molecule is CC(=O)c1ccc(N(C(=O)CCCC(=O)N(C(=O)c2ccccc2C(=O)O)c2ccc(C(C)=O)cc2)C(=O)c2ccccc2C(=O)O)cc1. The minimum absolute atomic E-state index is 0.0548. The first kappa shape index (κ1) is 35.3. The quantitative estimate of drug-likeness (QED) is 0.178. The van der Waals surface area contributed by atoms with Crippen LogP contribution in [0.5, 0.6) is 0 Å². The molecule has 4 amide bonds. The molecule has 0 aliphatic carbocycles. The number of benzene rings is 4. The second kappa shape index (κ2) is 15.4. The van der Waals surface area contributed by atoms with Gasteiger partial charge >= 0.3 is 11.9 Å². The number of rotatable bonds is 12. The number of hydrogen-bond donors (Lipinski definition) is 2. The van der Waals surface area contributed by atoms with E-state index in [9.17, 15) is 48.6 Å². The average Bonchev–Trinajstić information content (AvgIpc) is 3.08. The maximum Gasteiger partial charge on any atom is 0.336 e. The first-order valence-corrected chi connectivity index (χ1v) is 14.9. The van der Waals surface area contributed by atoms with E-state index in [4.69, 9.17) is 0 Å². The number of carboxylic acids is 2. The molecule has 0 bridgehead atoms. The average molecular weight is 663 g/mol. The van der Waals surface area contributed by atoms with Crippen molar-refractivity contribution in [2.75, 3.05) is 9.80 Å². The number of ketones is 2. The molecule has 0 radical (unpaired) electrons. The van der Waals surface area contributed by atoms with Gasteiger partial charge in [-0.2, -0.15) is 0 Å². The predicted molar refractivity (Wildman–Crippen MR) is 177 cm³/mol. The molecule has 4 rings (SSSR count). The van der Waals surface area contributed by atoms with Crippen LogP contribution in [0.3, 0.4) is 0 Å². The number of imide groups is 2. The number of aromatic carboxylic acids is 2. The van der Waals surface area contributed by atoms with Gasteiger partial charge in [0.2, 0.25) is 11.8 Å². The highest BCUT2D eigenvalue weighted by Gasteiger charge is 2.30. The highest BCUT2D eigenvalue weighted by molar-refractivity contribution is 6.24. The lowest BCUT2D eigenvalue weighted by molar-refractivity contribution is -0.119. The number of amides is 4. The van der Waals surface area contributed by atoms with Gasteiger partial charge in [0.05, 0.1) is 33.6 Å². The van der Waals surface area contributed by atoms with Crippen LogP contribution >= 0.6 is 0 Å². The fourth-order valence-electron chi connectivity index (χ4n) is 5.01. The smallest absolute Gasteiger partial charge is 0.336 e. The van der Waals surface area contributed by atoms with Crippen molar-refractivity contribution in [3.05, 3.63) is 130 Å². The summed E-state index contributed by atoms with van der Waals surface area (Å²) in [7, 11) is 0. The number of carbonyl (C=O) groups is 8.